The number of carbonyl (C=O) groups is 1. The number of rotatable bonds is 8. The molecule has 1 aromatic heterocycles. The van der Waals surface area contributed by atoms with Crippen molar-refractivity contribution in [3.05, 3.63) is 24.0 Å². The SMILES string of the molecule is CCCCC(CC)CNc1ccnc(C(N)=O)c1. The fraction of sp³-hybridized carbons (Fsp3) is 0.571. The highest BCUT2D eigenvalue weighted by atomic mass is 16.1. The van der Waals surface area contributed by atoms with E-state index in [1.807, 2.05) is 6.07 Å². The summed E-state index contributed by atoms with van der Waals surface area (Å²) in [6.07, 6.45) is 6.52. The van der Waals surface area contributed by atoms with Gasteiger partial charge < -0.3 is 11.1 Å². The van der Waals surface area contributed by atoms with Gasteiger partial charge >= 0.3 is 0 Å². The van der Waals surface area contributed by atoms with Gasteiger partial charge in [0.05, 0.1) is 0 Å². The molecular weight excluding hydrogens is 226 g/mol. The minimum absolute atomic E-state index is 0.307. The maximum absolute atomic E-state index is 11.0. The Morgan fingerprint density at radius 2 is 2.28 bits per heavy atom. The molecule has 4 nitrogen and oxygen atoms in total. The Kier molecular flexibility index (Phi) is 6.19. The van der Waals surface area contributed by atoms with E-state index in [0.29, 0.717) is 11.6 Å². The van der Waals surface area contributed by atoms with Crippen molar-refractivity contribution in [1.82, 2.24) is 4.98 Å². The molecule has 0 bridgehead atoms. The van der Waals surface area contributed by atoms with Crippen molar-refractivity contribution in [2.45, 2.75) is 39.5 Å². The summed E-state index contributed by atoms with van der Waals surface area (Å²) in [5.74, 6) is 0.187. The Balaban J connectivity index is 2.51. The topological polar surface area (TPSA) is 68.0 Å². The molecule has 18 heavy (non-hydrogen) atoms. The van der Waals surface area contributed by atoms with Gasteiger partial charge in [-0.2, -0.15) is 0 Å². The van der Waals surface area contributed by atoms with Crippen molar-refractivity contribution in [2.24, 2.45) is 11.7 Å². The average molecular weight is 249 g/mol. The zero-order valence-corrected chi connectivity index (χ0v) is 11.3. The normalized spacial score (nSPS) is 12.1. The minimum Gasteiger partial charge on any atom is -0.385 e. The first-order valence-electron chi connectivity index (χ1n) is 6.67. The molecule has 1 amide bonds. The van der Waals surface area contributed by atoms with Crippen LogP contribution in [0.3, 0.4) is 0 Å². The molecule has 1 aromatic rings. The molecule has 4 heteroatoms. The van der Waals surface area contributed by atoms with E-state index in [-0.39, 0.29) is 0 Å². The van der Waals surface area contributed by atoms with Crippen LogP contribution in [-0.2, 0) is 0 Å². The van der Waals surface area contributed by atoms with Crippen LogP contribution in [0.15, 0.2) is 18.3 Å². The van der Waals surface area contributed by atoms with Crippen molar-refractivity contribution in [2.75, 3.05) is 11.9 Å². The Morgan fingerprint density at radius 3 is 2.89 bits per heavy atom. The zero-order chi connectivity index (χ0) is 13.4. The molecular formula is C14H23N3O. The van der Waals surface area contributed by atoms with Crippen LogP contribution in [0.1, 0.15) is 50.0 Å². The molecule has 3 N–H and O–H groups in total. The molecule has 0 radical (unpaired) electrons. The van der Waals surface area contributed by atoms with E-state index in [9.17, 15) is 4.79 Å². The maximum atomic E-state index is 11.0. The van der Waals surface area contributed by atoms with E-state index in [1.165, 1.54) is 25.7 Å². The third-order valence-electron chi connectivity index (χ3n) is 3.15. The monoisotopic (exact) mass is 249 g/mol. The molecule has 0 saturated heterocycles. The van der Waals surface area contributed by atoms with Gasteiger partial charge in [-0.3, -0.25) is 9.78 Å². The van der Waals surface area contributed by atoms with Crippen LogP contribution in [0.2, 0.25) is 0 Å². The Bertz CT molecular complexity index is 379. The lowest BCUT2D eigenvalue weighted by molar-refractivity contribution is 0.0995. The van der Waals surface area contributed by atoms with Crippen LogP contribution >= 0.6 is 0 Å². The summed E-state index contributed by atoms with van der Waals surface area (Å²) in [5.41, 5.74) is 6.42. The highest BCUT2D eigenvalue weighted by molar-refractivity contribution is 5.91. The fourth-order valence-electron chi connectivity index (χ4n) is 1.88. The standard InChI is InChI=1S/C14H23N3O/c1-3-5-6-11(4-2)10-17-12-7-8-16-13(9-12)14(15)18/h7-9,11H,3-6,10H2,1-2H3,(H2,15,18)(H,16,17). The second-order valence-corrected chi connectivity index (χ2v) is 4.59. The molecule has 0 spiro atoms. The van der Waals surface area contributed by atoms with Gasteiger partial charge in [-0.1, -0.05) is 33.1 Å². The van der Waals surface area contributed by atoms with Crippen molar-refractivity contribution < 1.29 is 4.79 Å². The number of primary amides is 1. The van der Waals surface area contributed by atoms with Crippen LogP contribution in [0.4, 0.5) is 5.69 Å². The van der Waals surface area contributed by atoms with Crippen molar-refractivity contribution >= 4 is 11.6 Å². The molecule has 0 fully saturated rings. The Labute approximate surface area is 109 Å². The summed E-state index contributed by atoms with van der Waals surface area (Å²) in [7, 11) is 0. The van der Waals surface area contributed by atoms with Gasteiger partial charge in [-0.25, -0.2) is 0 Å². The van der Waals surface area contributed by atoms with Gasteiger partial charge in [-0.15, -0.1) is 0 Å². The molecule has 0 aliphatic heterocycles. The Hall–Kier alpha value is -1.58. The van der Waals surface area contributed by atoms with Crippen molar-refractivity contribution in [3.63, 3.8) is 0 Å². The number of unbranched alkanes of at least 4 members (excludes halogenated alkanes) is 1. The number of hydrogen-bond acceptors (Lipinski definition) is 3. The molecule has 1 unspecified atom stereocenters. The van der Waals surface area contributed by atoms with Gasteiger partial charge in [0, 0.05) is 18.4 Å². The zero-order valence-electron chi connectivity index (χ0n) is 11.3. The number of nitrogens with zero attached hydrogens (tertiary/aromatic N) is 1. The number of hydrogen-bond donors (Lipinski definition) is 2. The van der Waals surface area contributed by atoms with Gasteiger partial charge in [-0.05, 0) is 24.5 Å². The Morgan fingerprint density at radius 1 is 1.50 bits per heavy atom. The van der Waals surface area contributed by atoms with E-state index >= 15 is 0 Å². The van der Waals surface area contributed by atoms with Gasteiger partial charge in [0.2, 0.25) is 0 Å². The fourth-order valence-corrected chi connectivity index (χ4v) is 1.88. The minimum atomic E-state index is -0.489. The molecule has 0 aromatic carbocycles. The molecule has 1 rings (SSSR count). The van der Waals surface area contributed by atoms with Crippen LogP contribution in [-0.4, -0.2) is 17.4 Å². The summed E-state index contributed by atoms with van der Waals surface area (Å²) in [5, 5.41) is 3.35. The number of nitrogens with one attached hydrogen (secondary N) is 1. The molecule has 0 aliphatic carbocycles. The third kappa shape index (κ3) is 4.73. The quantitative estimate of drug-likeness (QED) is 0.744. The third-order valence-corrected chi connectivity index (χ3v) is 3.15. The number of carbonyl (C=O) groups excluding carboxylic acids is 1. The predicted molar refractivity (Wildman–Crippen MR) is 74.6 cm³/mol. The smallest absolute Gasteiger partial charge is 0.267 e. The summed E-state index contributed by atoms with van der Waals surface area (Å²) < 4.78 is 0. The predicted octanol–water partition coefficient (Wildman–Crippen LogP) is 2.81. The first-order valence-corrected chi connectivity index (χ1v) is 6.67. The molecule has 1 atom stereocenters. The first-order chi connectivity index (χ1) is 8.67. The largest absolute Gasteiger partial charge is 0.385 e. The number of nitrogens with two attached hydrogens (primary N) is 1. The average Bonchev–Trinajstić information content (AvgIpc) is 2.39. The van der Waals surface area contributed by atoms with E-state index < -0.39 is 5.91 Å². The van der Waals surface area contributed by atoms with E-state index in [0.717, 1.165) is 12.2 Å². The lowest BCUT2D eigenvalue weighted by Gasteiger charge is -2.16. The molecule has 0 saturated carbocycles. The van der Waals surface area contributed by atoms with Crippen LogP contribution in [0, 0.1) is 5.92 Å². The molecule has 0 aliphatic rings. The molecule has 100 valence electrons. The summed E-state index contributed by atoms with van der Waals surface area (Å²) in [4.78, 5) is 14.9. The summed E-state index contributed by atoms with van der Waals surface area (Å²) in [6.45, 7) is 5.35. The van der Waals surface area contributed by atoms with Crippen molar-refractivity contribution in [3.8, 4) is 0 Å². The second kappa shape index (κ2) is 7.69. The second-order valence-electron chi connectivity index (χ2n) is 4.59. The number of pyridine rings is 1. The van der Waals surface area contributed by atoms with Gasteiger partial charge in [0.1, 0.15) is 5.69 Å². The van der Waals surface area contributed by atoms with E-state index in [4.69, 9.17) is 5.73 Å². The number of aromatic nitrogens is 1. The number of amides is 1. The molecule has 1 heterocycles. The highest BCUT2D eigenvalue weighted by Crippen LogP contribution is 2.15. The highest BCUT2D eigenvalue weighted by Gasteiger charge is 2.07. The lowest BCUT2D eigenvalue weighted by atomic mass is 9.99. The lowest BCUT2D eigenvalue weighted by Crippen LogP contribution is -2.16. The van der Waals surface area contributed by atoms with Gasteiger partial charge in [0.15, 0.2) is 0 Å². The van der Waals surface area contributed by atoms with E-state index in [2.05, 4.69) is 24.1 Å². The summed E-state index contributed by atoms with van der Waals surface area (Å²) >= 11 is 0. The first kappa shape index (κ1) is 14.5. The van der Waals surface area contributed by atoms with Crippen LogP contribution < -0.4 is 11.1 Å². The summed E-state index contributed by atoms with van der Waals surface area (Å²) in [6, 6.07) is 3.56. The van der Waals surface area contributed by atoms with Crippen molar-refractivity contribution in [1.29, 1.82) is 0 Å². The van der Waals surface area contributed by atoms with Crippen LogP contribution in [0.25, 0.3) is 0 Å². The van der Waals surface area contributed by atoms with Crippen LogP contribution in [0.5, 0.6) is 0 Å². The van der Waals surface area contributed by atoms with Gasteiger partial charge in [0.25, 0.3) is 5.91 Å². The maximum Gasteiger partial charge on any atom is 0.267 e. The van der Waals surface area contributed by atoms with E-state index in [1.54, 1.807) is 12.3 Å². The number of anilines is 1.